The van der Waals surface area contributed by atoms with Crippen molar-refractivity contribution in [2.75, 3.05) is 7.05 Å². The minimum atomic E-state index is -0.227. The highest BCUT2D eigenvalue weighted by molar-refractivity contribution is 6.30. The van der Waals surface area contributed by atoms with Gasteiger partial charge in [0.15, 0.2) is 0 Å². The molecule has 0 bridgehead atoms. The summed E-state index contributed by atoms with van der Waals surface area (Å²) in [5.74, 6) is -0.227. The molecule has 2 aromatic rings. The van der Waals surface area contributed by atoms with E-state index < -0.39 is 0 Å². The Hall–Kier alpha value is -1.38. The Bertz CT molecular complexity index is 513. The van der Waals surface area contributed by atoms with Gasteiger partial charge in [0.05, 0.1) is 0 Å². The summed E-state index contributed by atoms with van der Waals surface area (Å²) < 4.78 is 13.8. The second kappa shape index (κ2) is 5.98. The van der Waals surface area contributed by atoms with E-state index in [0.717, 1.165) is 12.0 Å². The minimum absolute atomic E-state index is 0.0777. The molecule has 0 heterocycles. The van der Waals surface area contributed by atoms with Crippen molar-refractivity contribution in [1.29, 1.82) is 0 Å². The summed E-state index contributed by atoms with van der Waals surface area (Å²) in [7, 11) is 1.83. The third kappa shape index (κ3) is 3.09. The molecule has 0 aliphatic rings. The van der Waals surface area contributed by atoms with Gasteiger partial charge < -0.3 is 5.32 Å². The van der Waals surface area contributed by atoms with Crippen molar-refractivity contribution in [3.63, 3.8) is 0 Å². The first-order valence-electron chi connectivity index (χ1n) is 5.87. The van der Waals surface area contributed by atoms with Crippen molar-refractivity contribution >= 4 is 11.6 Å². The van der Waals surface area contributed by atoms with Crippen LogP contribution < -0.4 is 5.32 Å². The highest BCUT2D eigenvalue weighted by Gasteiger charge is 2.14. The van der Waals surface area contributed by atoms with Crippen molar-refractivity contribution in [2.45, 2.75) is 12.5 Å². The van der Waals surface area contributed by atoms with Crippen molar-refractivity contribution in [3.8, 4) is 0 Å². The van der Waals surface area contributed by atoms with Gasteiger partial charge in [-0.3, -0.25) is 0 Å². The monoisotopic (exact) mass is 263 g/mol. The van der Waals surface area contributed by atoms with Crippen molar-refractivity contribution < 1.29 is 4.39 Å². The SMILES string of the molecule is CNC(Cc1ccccc1)c1cc(Cl)ccc1F. The van der Waals surface area contributed by atoms with Crippen LogP contribution in [0, 0.1) is 5.82 Å². The largest absolute Gasteiger partial charge is 0.313 e. The van der Waals surface area contributed by atoms with Crippen LogP contribution in [0.15, 0.2) is 48.5 Å². The third-order valence-corrected chi connectivity index (χ3v) is 3.20. The summed E-state index contributed by atoms with van der Waals surface area (Å²) in [5, 5.41) is 3.69. The van der Waals surface area contributed by atoms with E-state index in [4.69, 9.17) is 11.6 Å². The van der Waals surface area contributed by atoms with Crippen LogP contribution >= 0.6 is 11.6 Å². The smallest absolute Gasteiger partial charge is 0.128 e. The van der Waals surface area contributed by atoms with Gasteiger partial charge in [-0.2, -0.15) is 0 Å². The van der Waals surface area contributed by atoms with Crippen LogP contribution in [0.2, 0.25) is 5.02 Å². The molecule has 0 radical (unpaired) electrons. The van der Waals surface area contributed by atoms with E-state index in [1.165, 1.54) is 6.07 Å². The average molecular weight is 264 g/mol. The molecule has 3 heteroatoms. The third-order valence-electron chi connectivity index (χ3n) is 2.96. The number of nitrogens with one attached hydrogen (secondary N) is 1. The van der Waals surface area contributed by atoms with Crippen LogP contribution in [0.5, 0.6) is 0 Å². The molecular formula is C15H15ClFN. The van der Waals surface area contributed by atoms with Crippen LogP contribution in [-0.2, 0) is 6.42 Å². The zero-order valence-electron chi connectivity index (χ0n) is 10.2. The summed E-state index contributed by atoms with van der Waals surface area (Å²) in [6, 6.07) is 14.6. The maximum Gasteiger partial charge on any atom is 0.128 e. The molecule has 1 atom stereocenters. The molecule has 94 valence electrons. The van der Waals surface area contributed by atoms with Crippen molar-refractivity contribution in [1.82, 2.24) is 5.32 Å². The Morgan fingerprint density at radius 3 is 2.56 bits per heavy atom. The predicted molar refractivity (Wildman–Crippen MR) is 73.4 cm³/mol. The topological polar surface area (TPSA) is 12.0 Å². The van der Waals surface area contributed by atoms with E-state index >= 15 is 0 Å². The van der Waals surface area contributed by atoms with Crippen molar-refractivity contribution in [3.05, 3.63) is 70.5 Å². The Morgan fingerprint density at radius 2 is 1.89 bits per heavy atom. The molecule has 0 fully saturated rings. The minimum Gasteiger partial charge on any atom is -0.313 e. The lowest BCUT2D eigenvalue weighted by molar-refractivity contribution is 0.534. The number of hydrogen-bond donors (Lipinski definition) is 1. The molecule has 1 N–H and O–H groups in total. The average Bonchev–Trinajstić information content (AvgIpc) is 2.40. The molecule has 0 aliphatic heterocycles. The van der Waals surface area contributed by atoms with Gasteiger partial charge in [-0.05, 0) is 37.2 Å². The summed E-state index contributed by atoms with van der Waals surface area (Å²) in [6.07, 6.45) is 0.731. The maximum atomic E-state index is 13.8. The maximum absolute atomic E-state index is 13.8. The van der Waals surface area contributed by atoms with E-state index in [2.05, 4.69) is 5.32 Å². The van der Waals surface area contributed by atoms with Crippen molar-refractivity contribution in [2.24, 2.45) is 0 Å². The normalized spacial score (nSPS) is 12.4. The van der Waals surface area contributed by atoms with Gasteiger partial charge in [-0.25, -0.2) is 4.39 Å². The quantitative estimate of drug-likeness (QED) is 0.880. The number of benzene rings is 2. The molecule has 2 aromatic carbocycles. The van der Waals surface area contributed by atoms with Crippen LogP contribution in [0.4, 0.5) is 4.39 Å². The highest BCUT2D eigenvalue weighted by atomic mass is 35.5. The Kier molecular flexibility index (Phi) is 4.34. The number of halogens is 2. The van der Waals surface area contributed by atoms with Gasteiger partial charge >= 0.3 is 0 Å². The van der Waals surface area contributed by atoms with Crippen LogP contribution in [0.1, 0.15) is 17.2 Å². The molecule has 1 unspecified atom stereocenters. The van der Waals surface area contributed by atoms with Gasteiger partial charge in [0.1, 0.15) is 5.82 Å². The van der Waals surface area contributed by atoms with E-state index in [0.29, 0.717) is 10.6 Å². The van der Waals surface area contributed by atoms with E-state index in [-0.39, 0.29) is 11.9 Å². The molecule has 18 heavy (non-hydrogen) atoms. The van der Waals surface area contributed by atoms with Gasteiger partial charge in [0, 0.05) is 16.6 Å². The first-order chi connectivity index (χ1) is 8.70. The van der Waals surface area contributed by atoms with Crippen LogP contribution in [-0.4, -0.2) is 7.05 Å². The van der Waals surface area contributed by atoms with E-state index in [1.807, 2.05) is 37.4 Å². The lowest BCUT2D eigenvalue weighted by Gasteiger charge is -2.17. The first-order valence-corrected chi connectivity index (χ1v) is 6.24. The molecular weight excluding hydrogens is 249 g/mol. The predicted octanol–water partition coefficient (Wildman–Crippen LogP) is 3.98. The van der Waals surface area contributed by atoms with Gasteiger partial charge in [-0.1, -0.05) is 41.9 Å². The summed E-state index contributed by atoms with van der Waals surface area (Å²) in [4.78, 5) is 0. The fourth-order valence-electron chi connectivity index (χ4n) is 2.00. The summed E-state index contributed by atoms with van der Waals surface area (Å²) >= 11 is 5.93. The zero-order valence-corrected chi connectivity index (χ0v) is 10.9. The first kappa shape index (κ1) is 13.1. The lowest BCUT2D eigenvalue weighted by atomic mass is 9.98. The van der Waals surface area contributed by atoms with E-state index in [1.54, 1.807) is 12.1 Å². The fourth-order valence-corrected chi connectivity index (χ4v) is 2.18. The van der Waals surface area contributed by atoms with Gasteiger partial charge in [0.2, 0.25) is 0 Å². The highest BCUT2D eigenvalue weighted by Crippen LogP contribution is 2.24. The second-order valence-electron chi connectivity index (χ2n) is 4.20. The molecule has 2 rings (SSSR count). The standard InChI is InChI=1S/C15H15ClFN/c1-18-15(9-11-5-3-2-4-6-11)13-10-12(16)7-8-14(13)17/h2-8,10,15,18H,9H2,1H3. The molecule has 0 aromatic heterocycles. The Morgan fingerprint density at radius 1 is 1.17 bits per heavy atom. The second-order valence-corrected chi connectivity index (χ2v) is 4.63. The number of rotatable bonds is 4. The Balaban J connectivity index is 2.26. The number of hydrogen-bond acceptors (Lipinski definition) is 1. The van der Waals surface area contributed by atoms with Gasteiger partial charge in [0.25, 0.3) is 0 Å². The summed E-state index contributed by atoms with van der Waals surface area (Å²) in [6.45, 7) is 0. The number of likely N-dealkylation sites (N-methyl/N-ethyl adjacent to an activating group) is 1. The molecule has 0 amide bonds. The molecule has 0 aliphatic carbocycles. The molecule has 1 nitrogen and oxygen atoms in total. The molecule has 0 saturated carbocycles. The van der Waals surface area contributed by atoms with E-state index in [9.17, 15) is 4.39 Å². The van der Waals surface area contributed by atoms with Crippen LogP contribution in [0.3, 0.4) is 0 Å². The van der Waals surface area contributed by atoms with Crippen LogP contribution in [0.25, 0.3) is 0 Å². The lowest BCUT2D eigenvalue weighted by Crippen LogP contribution is -2.20. The fraction of sp³-hybridized carbons (Fsp3) is 0.200. The Labute approximate surface area is 112 Å². The zero-order chi connectivity index (χ0) is 13.0. The molecule has 0 saturated heterocycles. The molecule has 0 spiro atoms. The van der Waals surface area contributed by atoms with Gasteiger partial charge in [-0.15, -0.1) is 0 Å². The summed E-state index contributed by atoms with van der Waals surface area (Å²) in [5.41, 5.74) is 1.77.